The predicted octanol–water partition coefficient (Wildman–Crippen LogP) is 2.46. The van der Waals surface area contributed by atoms with Crippen molar-refractivity contribution in [1.29, 1.82) is 0 Å². The van der Waals surface area contributed by atoms with Gasteiger partial charge < -0.3 is 9.64 Å². The lowest BCUT2D eigenvalue weighted by atomic mass is 10.1. The van der Waals surface area contributed by atoms with E-state index >= 15 is 0 Å². The van der Waals surface area contributed by atoms with Crippen molar-refractivity contribution < 1.29 is 9.53 Å². The van der Waals surface area contributed by atoms with Gasteiger partial charge in [-0.3, -0.25) is 14.4 Å². The van der Waals surface area contributed by atoms with Crippen molar-refractivity contribution >= 4 is 17.5 Å². The highest BCUT2D eigenvalue weighted by molar-refractivity contribution is 6.30. The number of rotatable bonds is 6. The number of amides is 1. The van der Waals surface area contributed by atoms with Crippen LogP contribution in [0.4, 0.5) is 0 Å². The number of hydrogen-bond donors (Lipinski definition) is 0. The molecule has 1 saturated heterocycles. The zero-order valence-corrected chi connectivity index (χ0v) is 17.0. The third-order valence-electron chi connectivity index (χ3n) is 5.20. The highest BCUT2D eigenvalue weighted by Crippen LogP contribution is 2.16. The van der Waals surface area contributed by atoms with Crippen LogP contribution in [0.1, 0.15) is 17.0 Å². The average molecular weight is 391 g/mol. The molecule has 1 fully saturated rings. The molecule has 1 aromatic heterocycles. The highest BCUT2D eigenvalue weighted by atomic mass is 35.5. The molecule has 0 unspecified atom stereocenters. The minimum atomic E-state index is 0.186. The molecule has 0 atom stereocenters. The minimum absolute atomic E-state index is 0.186. The molecule has 1 aliphatic heterocycles. The number of ether oxygens (including phenoxy) is 1. The zero-order valence-electron chi connectivity index (χ0n) is 16.2. The number of hydrogen-bond acceptors (Lipinski definition) is 4. The highest BCUT2D eigenvalue weighted by Gasteiger charge is 2.23. The summed E-state index contributed by atoms with van der Waals surface area (Å²) in [6, 6.07) is 7.41. The first kappa shape index (κ1) is 19.7. The van der Waals surface area contributed by atoms with Gasteiger partial charge in [0.05, 0.1) is 12.1 Å². The Bertz CT molecular complexity index is 780. The molecule has 146 valence electrons. The van der Waals surface area contributed by atoms with Gasteiger partial charge in [0.15, 0.2) is 0 Å². The van der Waals surface area contributed by atoms with E-state index in [0.29, 0.717) is 18.1 Å². The Labute approximate surface area is 165 Å². The number of aryl methyl sites for hydroxylation is 2. The van der Waals surface area contributed by atoms with Gasteiger partial charge in [0, 0.05) is 56.1 Å². The fourth-order valence-corrected chi connectivity index (χ4v) is 3.51. The molecule has 0 spiro atoms. The van der Waals surface area contributed by atoms with Crippen LogP contribution in [0, 0.1) is 13.8 Å². The van der Waals surface area contributed by atoms with Crippen molar-refractivity contribution in [2.45, 2.75) is 20.3 Å². The molecule has 0 radical (unpaired) electrons. The standard InChI is InChI=1S/C20H27ClN4O2/c1-15-19(16(2)23(3)22-15)14-20(26)25-10-8-24(9-11-25)12-13-27-18-6-4-17(21)5-7-18/h4-7H,8-14H2,1-3H3. The van der Waals surface area contributed by atoms with Crippen LogP contribution in [0.25, 0.3) is 0 Å². The van der Waals surface area contributed by atoms with E-state index in [9.17, 15) is 4.79 Å². The summed E-state index contributed by atoms with van der Waals surface area (Å²) in [5.41, 5.74) is 3.07. The molecule has 0 saturated carbocycles. The molecular weight excluding hydrogens is 364 g/mol. The quantitative estimate of drug-likeness (QED) is 0.760. The van der Waals surface area contributed by atoms with Crippen LogP contribution in [-0.2, 0) is 18.3 Å². The van der Waals surface area contributed by atoms with Crippen molar-refractivity contribution in [1.82, 2.24) is 19.6 Å². The van der Waals surface area contributed by atoms with Gasteiger partial charge in [0.2, 0.25) is 5.91 Å². The van der Waals surface area contributed by atoms with Crippen LogP contribution in [-0.4, -0.2) is 64.8 Å². The summed E-state index contributed by atoms with van der Waals surface area (Å²) in [4.78, 5) is 16.9. The fraction of sp³-hybridized carbons (Fsp3) is 0.500. The number of carbonyl (C=O) groups excluding carboxylic acids is 1. The van der Waals surface area contributed by atoms with E-state index in [4.69, 9.17) is 16.3 Å². The fourth-order valence-electron chi connectivity index (χ4n) is 3.38. The maximum absolute atomic E-state index is 12.6. The number of halogens is 1. The minimum Gasteiger partial charge on any atom is -0.492 e. The van der Waals surface area contributed by atoms with E-state index in [0.717, 1.165) is 55.4 Å². The van der Waals surface area contributed by atoms with Gasteiger partial charge in [-0.2, -0.15) is 5.10 Å². The topological polar surface area (TPSA) is 50.6 Å². The summed E-state index contributed by atoms with van der Waals surface area (Å²) in [6.07, 6.45) is 0.436. The van der Waals surface area contributed by atoms with Crippen LogP contribution in [0.15, 0.2) is 24.3 Å². The van der Waals surface area contributed by atoms with E-state index in [1.54, 1.807) is 0 Å². The van der Waals surface area contributed by atoms with Gasteiger partial charge in [0.25, 0.3) is 0 Å². The van der Waals surface area contributed by atoms with Crippen molar-refractivity contribution in [2.75, 3.05) is 39.3 Å². The number of carbonyl (C=O) groups is 1. The van der Waals surface area contributed by atoms with Crippen LogP contribution >= 0.6 is 11.6 Å². The Morgan fingerprint density at radius 2 is 1.81 bits per heavy atom. The second-order valence-corrected chi connectivity index (χ2v) is 7.41. The lowest BCUT2D eigenvalue weighted by Crippen LogP contribution is -2.50. The predicted molar refractivity (Wildman–Crippen MR) is 106 cm³/mol. The average Bonchev–Trinajstić information content (AvgIpc) is 2.90. The van der Waals surface area contributed by atoms with E-state index in [1.165, 1.54) is 0 Å². The van der Waals surface area contributed by atoms with Crippen LogP contribution in [0.3, 0.4) is 0 Å². The molecular formula is C20H27ClN4O2. The summed E-state index contributed by atoms with van der Waals surface area (Å²) in [7, 11) is 1.92. The third kappa shape index (κ3) is 5.02. The molecule has 0 N–H and O–H groups in total. The maximum Gasteiger partial charge on any atom is 0.227 e. The Hall–Kier alpha value is -2.05. The molecule has 0 bridgehead atoms. The monoisotopic (exact) mass is 390 g/mol. The molecule has 2 heterocycles. The Balaban J connectivity index is 1.41. The van der Waals surface area contributed by atoms with E-state index in [-0.39, 0.29) is 5.91 Å². The largest absolute Gasteiger partial charge is 0.492 e. The molecule has 1 aromatic carbocycles. The normalized spacial score (nSPS) is 15.2. The molecule has 7 heteroatoms. The number of aromatic nitrogens is 2. The van der Waals surface area contributed by atoms with Crippen molar-refractivity contribution in [3.63, 3.8) is 0 Å². The molecule has 1 aliphatic rings. The Morgan fingerprint density at radius 3 is 2.41 bits per heavy atom. The zero-order chi connectivity index (χ0) is 19.4. The smallest absolute Gasteiger partial charge is 0.227 e. The second kappa shape index (κ2) is 8.76. The molecule has 27 heavy (non-hydrogen) atoms. The Kier molecular flexibility index (Phi) is 6.39. The van der Waals surface area contributed by atoms with Gasteiger partial charge in [-0.15, -0.1) is 0 Å². The number of benzene rings is 1. The molecule has 6 nitrogen and oxygen atoms in total. The lowest BCUT2D eigenvalue weighted by Gasteiger charge is -2.34. The third-order valence-corrected chi connectivity index (χ3v) is 5.45. The first-order valence-corrected chi connectivity index (χ1v) is 9.69. The number of nitrogens with zero attached hydrogens (tertiary/aromatic N) is 4. The summed E-state index contributed by atoms with van der Waals surface area (Å²) in [6.45, 7) is 8.74. The lowest BCUT2D eigenvalue weighted by molar-refractivity contribution is -0.132. The van der Waals surface area contributed by atoms with Crippen molar-refractivity contribution in [3.8, 4) is 5.75 Å². The van der Waals surface area contributed by atoms with E-state index in [2.05, 4.69) is 10.00 Å². The van der Waals surface area contributed by atoms with Gasteiger partial charge in [0.1, 0.15) is 12.4 Å². The van der Waals surface area contributed by atoms with E-state index in [1.807, 2.05) is 54.7 Å². The first-order valence-electron chi connectivity index (χ1n) is 9.31. The van der Waals surface area contributed by atoms with Crippen LogP contribution in [0.5, 0.6) is 5.75 Å². The van der Waals surface area contributed by atoms with Gasteiger partial charge >= 0.3 is 0 Å². The Morgan fingerprint density at radius 1 is 1.15 bits per heavy atom. The van der Waals surface area contributed by atoms with Crippen LogP contribution < -0.4 is 4.74 Å². The first-order chi connectivity index (χ1) is 12.9. The molecule has 1 amide bonds. The molecule has 2 aromatic rings. The maximum atomic E-state index is 12.6. The summed E-state index contributed by atoms with van der Waals surface area (Å²) >= 11 is 5.88. The summed E-state index contributed by atoms with van der Waals surface area (Å²) < 4.78 is 7.60. The summed E-state index contributed by atoms with van der Waals surface area (Å²) in [5.74, 6) is 1.02. The SMILES string of the molecule is Cc1nn(C)c(C)c1CC(=O)N1CCN(CCOc2ccc(Cl)cc2)CC1. The molecule has 0 aliphatic carbocycles. The van der Waals surface area contributed by atoms with Crippen molar-refractivity contribution in [2.24, 2.45) is 7.05 Å². The van der Waals surface area contributed by atoms with E-state index < -0.39 is 0 Å². The summed E-state index contributed by atoms with van der Waals surface area (Å²) in [5, 5.41) is 5.11. The second-order valence-electron chi connectivity index (χ2n) is 6.97. The molecule has 3 rings (SSSR count). The van der Waals surface area contributed by atoms with Gasteiger partial charge in [-0.25, -0.2) is 0 Å². The van der Waals surface area contributed by atoms with Gasteiger partial charge in [-0.1, -0.05) is 11.6 Å². The van der Waals surface area contributed by atoms with Crippen molar-refractivity contribution in [3.05, 3.63) is 46.2 Å². The van der Waals surface area contributed by atoms with Crippen LogP contribution in [0.2, 0.25) is 5.02 Å². The van der Waals surface area contributed by atoms with Gasteiger partial charge in [-0.05, 0) is 38.1 Å². The number of piperazine rings is 1.